The molecule has 1 rings (SSSR count). The monoisotopic (exact) mass is 154 g/mol. The van der Waals surface area contributed by atoms with Crippen LogP contribution < -0.4 is 0 Å². The molecule has 1 N–H and O–H groups in total. The van der Waals surface area contributed by atoms with E-state index in [1.165, 1.54) is 9.24 Å². The maximum absolute atomic E-state index is 12.4. The zero-order valence-electron chi connectivity index (χ0n) is 4.90. The molecule has 0 bridgehead atoms. The van der Waals surface area contributed by atoms with Crippen molar-refractivity contribution >= 4 is 9.24 Å². The zero-order chi connectivity index (χ0) is 7.12. The molecule has 0 radical (unpaired) electrons. The van der Waals surface area contributed by atoms with Gasteiger partial charge in [0.15, 0.2) is 0 Å². The molecule has 1 aliphatic carbocycles. The fourth-order valence-corrected chi connectivity index (χ4v) is 1.13. The first-order valence-corrected chi connectivity index (χ1v) is 3.37. The van der Waals surface area contributed by atoms with Crippen molar-refractivity contribution < 1.29 is 13.9 Å². The van der Waals surface area contributed by atoms with Gasteiger partial charge in [-0.2, -0.15) is 0 Å². The number of halogens is 2. The summed E-state index contributed by atoms with van der Waals surface area (Å²) in [6.45, 7) is -0.399. The van der Waals surface area contributed by atoms with Crippen LogP contribution in [0.3, 0.4) is 0 Å². The Morgan fingerprint density at radius 3 is 2.00 bits per heavy atom. The van der Waals surface area contributed by atoms with E-state index in [9.17, 15) is 8.78 Å². The van der Waals surface area contributed by atoms with Crippen molar-refractivity contribution in [2.24, 2.45) is 5.41 Å². The van der Waals surface area contributed by atoms with Gasteiger partial charge in [-0.25, -0.2) is 8.78 Å². The summed E-state index contributed by atoms with van der Waals surface area (Å²) in [5.41, 5.74) is -3.86. The summed E-state index contributed by atoms with van der Waals surface area (Å²) in [6, 6.07) is 0. The highest BCUT2D eigenvalue weighted by Crippen LogP contribution is 2.59. The quantitative estimate of drug-likeness (QED) is 0.593. The minimum Gasteiger partial charge on any atom is -0.396 e. The standard InChI is InChI=1S/C5H9F2OP/c6-5(7,9)4(3-8)1-2-4/h8H,1-3,9H2. The fraction of sp³-hybridized carbons (Fsp3) is 1.00. The molecule has 4 heteroatoms. The van der Waals surface area contributed by atoms with Gasteiger partial charge in [0.2, 0.25) is 0 Å². The summed E-state index contributed by atoms with van der Waals surface area (Å²) in [5.74, 6) is 0. The summed E-state index contributed by atoms with van der Waals surface area (Å²) in [6.07, 6.45) is 0.889. The Labute approximate surface area is 54.6 Å². The lowest BCUT2D eigenvalue weighted by Gasteiger charge is -2.19. The van der Waals surface area contributed by atoms with Gasteiger partial charge in [-0.3, -0.25) is 0 Å². The van der Waals surface area contributed by atoms with Crippen molar-refractivity contribution in [1.29, 1.82) is 0 Å². The van der Waals surface area contributed by atoms with E-state index >= 15 is 0 Å². The topological polar surface area (TPSA) is 20.2 Å². The molecule has 1 aliphatic rings. The van der Waals surface area contributed by atoms with E-state index in [0.29, 0.717) is 12.8 Å². The van der Waals surface area contributed by atoms with Gasteiger partial charge in [-0.15, -0.1) is 0 Å². The molecule has 1 unspecified atom stereocenters. The summed E-state index contributed by atoms with van der Waals surface area (Å²) in [4.78, 5) is 0. The van der Waals surface area contributed by atoms with Gasteiger partial charge in [0, 0.05) is 0 Å². The van der Waals surface area contributed by atoms with Crippen LogP contribution in [0.4, 0.5) is 8.78 Å². The highest BCUT2D eigenvalue weighted by atomic mass is 31.0. The second-order valence-corrected chi connectivity index (χ2v) is 3.29. The van der Waals surface area contributed by atoms with Gasteiger partial charge in [-0.05, 0) is 12.8 Å². The predicted octanol–water partition coefficient (Wildman–Crippen LogP) is 1.23. The van der Waals surface area contributed by atoms with Crippen LogP contribution in [0.15, 0.2) is 0 Å². The molecular weight excluding hydrogens is 145 g/mol. The Balaban J connectivity index is 2.60. The lowest BCUT2D eigenvalue weighted by Crippen LogP contribution is -2.25. The van der Waals surface area contributed by atoms with Gasteiger partial charge in [0.1, 0.15) is 0 Å². The van der Waals surface area contributed by atoms with E-state index in [1.807, 2.05) is 0 Å². The predicted molar refractivity (Wildman–Crippen MR) is 33.4 cm³/mol. The molecule has 1 nitrogen and oxygen atoms in total. The first-order valence-electron chi connectivity index (χ1n) is 2.79. The molecule has 0 aromatic heterocycles. The van der Waals surface area contributed by atoms with Crippen LogP contribution in [-0.4, -0.2) is 17.4 Å². The van der Waals surface area contributed by atoms with Crippen LogP contribution in [-0.2, 0) is 0 Å². The van der Waals surface area contributed by atoms with E-state index in [1.54, 1.807) is 0 Å². The molecule has 0 amide bonds. The van der Waals surface area contributed by atoms with Gasteiger partial charge in [0.05, 0.1) is 12.0 Å². The lowest BCUT2D eigenvalue weighted by molar-refractivity contribution is -0.00925. The van der Waals surface area contributed by atoms with Crippen molar-refractivity contribution in [2.75, 3.05) is 6.61 Å². The Kier molecular flexibility index (Phi) is 1.52. The molecular formula is C5H9F2OP. The number of alkyl halides is 2. The zero-order valence-corrected chi connectivity index (χ0v) is 6.06. The maximum Gasteiger partial charge on any atom is 0.266 e. The van der Waals surface area contributed by atoms with E-state index in [0.717, 1.165) is 0 Å². The minimum absolute atomic E-state index is 0.399. The highest BCUT2D eigenvalue weighted by Gasteiger charge is 2.58. The van der Waals surface area contributed by atoms with Crippen molar-refractivity contribution in [3.8, 4) is 0 Å². The Bertz CT molecular complexity index is 117. The number of hydrogen-bond donors (Lipinski definition) is 1. The number of aliphatic hydroxyl groups is 1. The second kappa shape index (κ2) is 1.86. The average Bonchev–Trinajstić information content (AvgIpc) is 2.40. The molecule has 1 atom stereocenters. The number of aliphatic hydroxyl groups excluding tert-OH is 1. The third-order valence-electron chi connectivity index (χ3n) is 1.86. The lowest BCUT2D eigenvalue weighted by atomic mass is 10.1. The van der Waals surface area contributed by atoms with E-state index in [-0.39, 0.29) is 0 Å². The molecule has 9 heavy (non-hydrogen) atoms. The van der Waals surface area contributed by atoms with Gasteiger partial charge < -0.3 is 5.11 Å². The third kappa shape index (κ3) is 1.08. The fourth-order valence-electron chi connectivity index (χ4n) is 0.748. The first kappa shape index (κ1) is 7.36. The number of hydrogen-bond acceptors (Lipinski definition) is 1. The molecule has 54 valence electrons. The third-order valence-corrected chi connectivity index (χ3v) is 2.48. The van der Waals surface area contributed by atoms with E-state index < -0.39 is 17.7 Å². The van der Waals surface area contributed by atoms with Gasteiger partial charge >= 0.3 is 0 Å². The maximum atomic E-state index is 12.4. The van der Waals surface area contributed by atoms with Crippen molar-refractivity contribution in [1.82, 2.24) is 0 Å². The van der Waals surface area contributed by atoms with Crippen LogP contribution in [0, 0.1) is 5.41 Å². The second-order valence-electron chi connectivity index (χ2n) is 2.56. The minimum atomic E-state index is -2.78. The summed E-state index contributed by atoms with van der Waals surface area (Å²) in [5, 5.41) is 8.50. The Morgan fingerprint density at radius 1 is 1.56 bits per heavy atom. The molecule has 0 aliphatic heterocycles. The highest BCUT2D eigenvalue weighted by molar-refractivity contribution is 7.18. The summed E-state index contributed by atoms with van der Waals surface area (Å²) < 4.78 is 24.7. The summed E-state index contributed by atoms with van der Waals surface area (Å²) >= 11 is 0. The van der Waals surface area contributed by atoms with Crippen molar-refractivity contribution in [2.45, 2.75) is 18.5 Å². The normalized spacial score (nSPS) is 24.0. The van der Waals surface area contributed by atoms with Crippen molar-refractivity contribution in [3.05, 3.63) is 0 Å². The molecule has 0 aromatic carbocycles. The molecule has 0 aromatic rings. The molecule has 0 spiro atoms. The molecule has 1 saturated carbocycles. The van der Waals surface area contributed by atoms with Crippen LogP contribution in [0.2, 0.25) is 0 Å². The Morgan fingerprint density at radius 2 is 2.00 bits per heavy atom. The van der Waals surface area contributed by atoms with E-state index in [4.69, 9.17) is 5.11 Å². The molecule has 1 fully saturated rings. The smallest absolute Gasteiger partial charge is 0.266 e. The Hall–Kier alpha value is 0.250. The molecule has 0 heterocycles. The van der Waals surface area contributed by atoms with Crippen molar-refractivity contribution in [3.63, 3.8) is 0 Å². The van der Waals surface area contributed by atoms with Gasteiger partial charge in [0.25, 0.3) is 5.66 Å². The van der Waals surface area contributed by atoms with Gasteiger partial charge in [-0.1, -0.05) is 9.24 Å². The summed E-state index contributed by atoms with van der Waals surface area (Å²) in [7, 11) is 1.47. The van der Waals surface area contributed by atoms with Crippen LogP contribution in [0.5, 0.6) is 0 Å². The number of rotatable bonds is 2. The van der Waals surface area contributed by atoms with Crippen LogP contribution in [0.1, 0.15) is 12.8 Å². The molecule has 0 saturated heterocycles. The SMILES string of the molecule is OCC1(C(F)(F)P)CC1. The largest absolute Gasteiger partial charge is 0.396 e. The van der Waals surface area contributed by atoms with Crippen LogP contribution in [0.25, 0.3) is 0 Å². The van der Waals surface area contributed by atoms with E-state index in [2.05, 4.69) is 0 Å². The van der Waals surface area contributed by atoms with Crippen LogP contribution >= 0.6 is 9.24 Å². The first-order chi connectivity index (χ1) is 4.02. The average molecular weight is 154 g/mol.